The Bertz CT molecular complexity index is 793. The number of hydrogen-bond acceptors (Lipinski definition) is 7. The number of carbonyl (C=O) groups is 4. The van der Waals surface area contributed by atoms with E-state index in [-0.39, 0.29) is 35.6 Å². The number of carboxylic acids is 1. The number of carbonyl (C=O) groups excluding carboxylic acids is 3. The molecule has 0 unspecified atom stereocenters. The average Bonchev–Trinajstić information content (AvgIpc) is 3.09. The van der Waals surface area contributed by atoms with E-state index in [1.807, 2.05) is 17.5 Å². The predicted octanol–water partition coefficient (Wildman–Crippen LogP) is -1.06. The summed E-state index contributed by atoms with van der Waals surface area (Å²) in [5, 5.41) is 13.5. The van der Waals surface area contributed by atoms with Crippen molar-refractivity contribution in [3.05, 3.63) is 33.7 Å². The predicted molar refractivity (Wildman–Crippen MR) is 102 cm³/mol. The molecule has 28 heavy (non-hydrogen) atoms. The zero-order valence-corrected chi connectivity index (χ0v) is 16.4. The molecule has 3 heterocycles. The van der Waals surface area contributed by atoms with Crippen molar-refractivity contribution in [3.8, 4) is 0 Å². The van der Waals surface area contributed by atoms with Crippen LogP contribution < -0.4 is 5.32 Å². The number of aliphatic carboxylic acids is 1. The molecule has 2 atom stereocenters. The normalized spacial score (nSPS) is 20.2. The Morgan fingerprint density at radius 2 is 2.07 bits per heavy atom. The number of β-lactam (4-membered cyclic amide) rings is 1. The van der Waals surface area contributed by atoms with Gasteiger partial charge in [-0.2, -0.15) is 0 Å². The number of thiophene rings is 1. The van der Waals surface area contributed by atoms with Gasteiger partial charge in [-0.25, -0.2) is 4.79 Å². The Hall–Kier alpha value is -2.41. The lowest BCUT2D eigenvalue weighted by Gasteiger charge is -2.49. The minimum Gasteiger partial charge on any atom is -0.477 e. The number of nitrogens with zero attached hydrogens (tertiary/aromatic N) is 1. The Morgan fingerprint density at radius 3 is 2.64 bits per heavy atom. The largest absolute Gasteiger partial charge is 0.477 e. The average molecular weight is 432 g/mol. The highest BCUT2D eigenvalue weighted by Crippen LogP contribution is 2.40. The first-order valence-corrected chi connectivity index (χ1v) is 9.66. The standard InChI is InChI=1S/C16H16N2O6S2.2H2O/c1-8(19)24-6-9-7-26-15-12(14(21)18(15)13(9)16(22)23)17-11(20)5-10-3-2-4-25-10;;/h2-4,12,15H,5-7H2,1H3,(H,17,20)(H,22,23);2*1H2/t12-,15-;;/m1../s1. The van der Waals surface area contributed by atoms with Crippen LogP contribution in [0.3, 0.4) is 0 Å². The third kappa shape index (κ3) is 4.70. The van der Waals surface area contributed by atoms with E-state index in [9.17, 15) is 24.3 Å². The molecule has 12 heteroatoms. The van der Waals surface area contributed by atoms with Gasteiger partial charge in [0.15, 0.2) is 0 Å². The quantitative estimate of drug-likeness (QED) is 0.425. The fraction of sp³-hybridized carbons (Fsp3) is 0.375. The molecule has 1 aromatic rings. The van der Waals surface area contributed by atoms with E-state index in [4.69, 9.17) is 4.74 Å². The van der Waals surface area contributed by atoms with Crippen molar-refractivity contribution >= 4 is 46.9 Å². The lowest BCUT2D eigenvalue weighted by atomic mass is 10.0. The first kappa shape index (κ1) is 23.6. The molecular weight excluding hydrogens is 412 g/mol. The number of ether oxygens (including phenoxy) is 1. The van der Waals surface area contributed by atoms with Crippen LogP contribution in [0.15, 0.2) is 28.8 Å². The topological polar surface area (TPSA) is 176 Å². The van der Waals surface area contributed by atoms with Crippen molar-refractivity contribution in [2.24, 2.45) is 0 Å². The second-order valence-electron chi connectivity index (χ2n) is 5.75. The molecule has 1 saturated heterocycles. The van der Waals surface area contributed by atoms with Crippen LogP contribution in [-0.2, 0) is 30.3 Å². The van der Waals surface area contributed by atoms with Gasteiger partial charge in [-0.3, -0.25) is 19.3 Å². The third-order valence-corrected chi connectivity index (χ3v) is 6.15. The molecule has 1 fully saturated rings. The second-order valence-corrected chi connectivity index (χ2v) is 7.89. The molecule has 1 aromatic heterocycles. The molecule has 10 nitrogen and oxygen atoms in total. The van der Waals surface area contributed by atoms with Gasteiger partial charge in [-0.1, -0.05) is 6.07 Å². The van der Waals surface area contributed by atoms with E-state index in [1.165, 1.54) is 30.0 Å². The molecule has 0 spiro atoms. The minimum atomic E-state index is -1.26. The van der Waals surface area contributed by atoms with Gasteiger partial charge in [0.1, 0.15) is 23.7 Å². The highest BCUT2D eigenvalue weighted by Gasteiger charge is 2.54. The lowest BCUT2D eigenvalue weighted by Crippen LogP contribution is -2.70. The van der Waals surface area contributed by atoms with Crippen LogP contribution in [0, 0.1) is 0 Å². The van der Waals surface area contributed by atoms with Gasteiger partial charge in [-0.05, 0) is 11.4 Å². The number of carboxylic acid groups (broad SMARTS) is 1. The van der Waals surface area contributed by atoms with Gasteiger partial charge in [0.2, 0.25) is 5.91 Å². The summed E-state index contributed by atoms with van der Waals surface area (Å²) in [5.41, 5.74) is 0.203. The highest BCUT2D eigenvalue weighted by atomic mass is 32.2. The van der Waals surface area contributed by atoms with E-state index in [0.717, 1.165) is 9.78 Å². The molecule has 0 bridgehead atoms. The molecule has 2 amide bonds. The Labute approximate surface area is 168 Å². The van der Waals surface area contributed by atoms with Crippen LogP contribution >= 0.6 is 23.1 Å². The van der Waals surface area contributed by atoms with Gasteiger partial charge < -0.3 is 26.1 Å². The van der Waals surface area contributed by atoms with E-state index in [0.29, 0.717) is 11.3 Å². The summed E-state index contributed by atoms with van der Waals surface area (Å²) in [7, 11) is 0. The van der Waals surface area contributed by atoms with Crippen LogP contribution in [-0.4, -0.2) is 68.5 Å². The van der Waals surface area contributed by atoms with Gasteiger partial charge in [-0.15, -0.1) is 23.1 Å². The monoisotopic (exact) mass is 432 g/mol. The molecule has 0 aliphatic carbocycles. The zero-order chi connectivity index (χ0) is 18.8. The molecule has 2 aliphatic heterocycles. The molecule has 2 aliphatic rings. The zero-order valence-electron chi connectivity index (χ0n) is 14.8. The van der Waals surface area contributed by atoms with Crippen LogP contribution in [0.5, 0.6) is 0 Å². The summed E-state index contributed by atoms with van der Waals surface area (Å²) in [6.07, 6.45) is 0.179. The first-order chi connectivity index (χ1) is 12.4. The summed E-state index contributed by atoms with van der Waals surface area (Å²) < 4.78 is 4.87. The first-order valence-electron chi connectivity index (χ1n) is 7.73. The fourth-order valence-corrected chi connectivity index (χ4v) is 4.81. The molecule has 6 N–H and O–H groups in total. The number of hydrogen-bond donors (Lipinski definition) is 2. The van der Waals surface area contributed by atoms with Crippen LogP contribution in [0.2, 0.25) is 0 Å². The van der Waals surface area contributed by atoms with Crippen molar-refractivity contribution in [2.45, 2.75) is 24.8 Å². The third-order valence-electron chi connectivity index (χ3n) is 3.93. The van der Waals surface area contributed by atoms with Gasteiger partial charge in [0.25, 0.3) is 5.91 Å². The molecule has 0 saturated carbocycles. The second kappa shape index (κ2) is 9.68. The van der Waals surface area contributed by atoms with E-state index < -0.39 is 29.3 Å². The van der Waals surface area contributed by atoms with Gasteiger partial charge >= 0.3 is 11.9 Å². The summed E-state index contributed by atoms with van der Waals surface area (Å²) in [6.45, 7) is 1.06. The lowest BCUT2D eigenvalue weighted by molar-refractivity contribution is -0.151. The number of amides is 2. The smallest absolute Gasteiger partial charge is 0.352 e. The molecule has 154 valence electrons. The molecule has 3 rings (SSSR count). The Kier molecular flexibility index (Phi) is 8.17. The number of nitrogens with one attached hydrogen (secondary N) is 1. The van der Waals surface area contributed by atoms with E-state index in [2.05, 4.69) is 5.32 Å². The SMILES string of the molecule is CC(=O)OCC1=C(C(=O)O)N2C(=O)[C@@H](NC(=O)Cc3cccs3)[C@H]2SC1.O.O. The molecule has 0 radical (unpaired) electrons. The van der Waals surface area contributed by atoms with E-state index >= 15 is 0 Å². The Balaban J connectivity index is 0.00000196. The van der Waals surface area contributed by atoms with Crippen molar-refractivity contribution in [3.63, 3.8) is 0 Å². The van der Waals surface area contributed by atoms with Crippen molar-refractivity contribution < 1.29 is 40.0 Å². The van der Waals surface area contributed by atoms with Gasteiger partial charge in [0.05, 0.1) is 6.42 Å². The summed E-state index contributed by atoms with van der Waals surface area (Å²) in [4.78, 5) is 49.2. The number of thioether (sulfide) groups is 1. The van der Waals surface area contributed by atoms with Crippen LogP contribution in [0.1, 0.15) is 11.8 Å². The molecule has 0 aromatic carbocycles. The summed E-state index contributed by atoms with van der Waals surface area (Å²) in [6, 6.07) is 2.92. The van der Waals surface area contributed by atoms with Crippen molar-refractivity contribution in [1.82, 2.24) is 10.2 Å². The Morgan fingerprint density at radius 1 is 1.36 bits per heavy atom. The maximum Gasteiger partial charge on any atom is 0.352 e. The number of rotatable bonds is 6. The summed E-state index contributed by atoms with van der Waals surface area (Å²) >= 11 is 2.79. The maximum atomic E-state index is 12.4. The van der Waals surface area contributed by atoms with E-state index in [1.54, 1.807) is 0 Å². The highest BCUT2D eigenvalue weighted by molar-refractivity contribution is 8.00. The molecular formula is C16H20N2O8S2. The van der Waals surface area contributed by atoms with Crippen molar-refractivity contribution in [2.75, 3.05) is 12.4 Å². The fourth-order valence-electron chi connectivity index (χ4n) is 2.78. The van der Waals surface area contributed by atoms with Gasteiger partial charge in [0, 0.05) is 23.1 Å². The summed E-state index contributed by atoms with van der Waals surface area (Å²) in [5.74, 6) is -2.23. The minimum absolute atomic E-state index is 0. The van der Waals surface area contributed by atoms with Crippen LogP contribution in [0.4, 0.5) is 0 Å². The van der Waals surface area contributed by atoms with Crippen molar-refractivity contribution in [1.29, 1.82) is 0 Å². The maximum absolute atomic E-state index is 12.4. The van der Waals surface area contributed by atoms with Crippen LogP contribution in [0.25, 0.3) is 0 Å². The number of esters is 1. The number of fused-ring (bicyclic) bond motifs is 1.